The van der Waals surface area contributed by atoms with Crippen LogP contribution in [0.2, 0.25) is 0 Å². The number of carbonyl (C=O) groups is 2. The Bertz CT molecular complexity index is 817. The lowest BCUT2D eigenvalue weighted by atomic mass is 10.2. The highest BCUT2D eigenvalue weighted by Crippen LogP contribution is 2.20. The van der Waals surface area contributed by atoms with Crippen LogP contribution in [0.25, 0.3) is 0 Å². The van der Waals surface area contributed by atoms with Crippen molar-refractivity contribution >= 4 is 11.8 Å². The molecule has 0 saturated carbocycles. The number of piperazine rings is 1. The molecule has 0 radical (unpaired) electrons. The summed E-state index contributed by atoms with van der Waals surface area (Å²) >= 11 is 0. The zero-order valence-corrected chi connectivity index (χ0v) is 18.1. The van der Waals surface area contributed by atoms with E-state index < -0.39 is 12.2 Å². The minimum atomic E-state index is -0.573. The summed E-state index contributed by atoms with van der Waals surface area (Å²) < 4.78 is 11.7. The molecule has 1 heterocycles. The third-order valence-corrected chi connectivity index (χ3v) is 5.39. The molecule has 30 heavy (non-hydrogen) atoms. The third kappa shape index (κ3) is 5.12. The number of hydrogen-bond donors (Lipinski definition) is 0. The van der Waals surface area contributed by atoms with E-state index in [9.17, 15) is 9.59 Å². The van der Waals surface area contributed by atoms with Gasteiger partial charge in [0.2, 0.25) is 0 Å². The van der Waals surface area contributed by atoms with Crippen LogP contribution >= 0.6 is 0 Å². The van der Waals surface area contributed by atoms with E-state index in [0.29, 0.717) is 37.7 Å². The molecule has 1 fully saturated rings. The van der Waals surface area contributed by atoms with Gasteiger partial charge in [-0.25, -0.2) is 0 Å². The lowest BCUT2D eigenvalue weighted by Crippen LogP contribution is -2.55. The Morgan fingerprint density at radius 1 is 0.700 bits per heavy atom. The van der Waals surface area contributed by atoms with E-state index in [0.717, 1.165) is 11.1 Å². The molecule has 2 atom stereocenters. The number of rotatable bonds is 6. The van der Waals surface area contributed by atoms with Crippen molar-refractivity contribution in [2.45, 2.75) is 39.9 Å². The molecule has 2 aromatic rings. The Morgan fingerprint density at radius 3 is 1.37 bits per heavy atom. The first-order chi connectivity index (χ1) is 14.4. The summed E-state index contributed by atoms with van der Waals surface area (Å²) in [4.78, 5) is 29.1. The van der Waals surface area contributed by atoms with Crippen LogP contribution in [0.5, 0.6) is 11.5 Å². The van der Waals surface area contributed by atoms with Crippen molar-refractivity contribution in [2.75, 3.05) is 26.2 Å². The molecule has 0 bridgehead atoms. The van der Waals surface area contributed by atoms with E-state index in [-0.39, 0.29) is 11.8 Å². The summed E-state index contributed by atoms with van der Waals surface area (Å²) in [5.41, 5.74) is 1.99. The maximum absolute atomic E-state index is 12.8. The van der Waals surface area contributed by atoms with E-state index in [4.69, 9.17) is 9.47 Å². The number of amides is 2. The Balaban J connectivity index is 1.51. The van der Waals surface area contributed by atoms with Crippen molar-refractivity contribution in [2.24, 2.45) is 0 Å². The van der Waals surface area contributed by atoms with Crippen LogP contribution in [0.3, 0.4) is 0 Å². The van der Waals surface area contributed by atoms with Crippen LogP contribution < -0.4 is 9.47 Å². The second kappa shape index (κ2) is 9.65. The van der Waals surface area contributed by atoms with Gasteiger partial charge < -0.3 is 19.3 Å². The molecule has 1 aliphatic rings. The van der Waals surface area contributed by atoms with E-state index in [1.54, 1.807) is 23.6 Å². The van der Waals surface area contributed by atoms with Crippen LogP contribution in [0.1, 0.15) is 25.0 Å². The first kappa shape index (κ1) is 21.7. The molecule has 0 N–H and O–H groups in total. The van der Waals surface area contributed by atoms with Crippen molar-refractivity contribution in [1.29, 1.82) is 0 Å². The molecule has 0 spiro atoms. The number of aryl methyl sites for hydroxylation is 2. The molecule has 2 amide bonds. The Morgan fingerprint density at radius 2 is 1.03 bits per heavy atom. The molecule has 2 aromatic carbocycles. The summed E-state index contributed by atoms with van der Waals surface area (Å²) in [7, 11) is 0. The largest absolute Gasteiger partial charge is 0.481 e. The van der Waals surface area contributed by atoms with Gasteiger partial charge in [0, 0.05) is 26.2 Å². The van der Waals surface area contributed by atoms with Gasteiger partial charge in [-0.3, -0.25) is 9.59 Å². The molecule has 6 heteroatoms. The normalized spacial score (nSPS) is 16.0. The van der Waals surface area contributed by atoms with Crippen LogP contribution in [0.4, 0.5) is 0 Å². The minimum Gasteiger partial charge on any atom is -0.481 e. The molecule has 3 rings (SSSR count). The summed E-state index contributed by atoms with van der Waals surface area (Å²) in [5.74, 6) is 1.31. The van der Waals surface area contributed by atoms with Crippen LogP contribution in [-0.2, 0) is 9.59 Å². The van der Waals surface area contributed by atoms with E-state index in [1.165, 1.54) is 0 Å². The summed E-state index contributed by atoms with van der Waals surface area (Å²) in [6, 6.07) is 15.3. The molecule has 1 saturated heterocycles. The highest BCUT2D eigenvalue weighted by molar-refractivity contribution is 5.83. The highest BCUT2D eigenvalue weighted by Gasteiger charge is 2.30. The van der Waals surface area contributed by atoms with E-state index in [2.05, 4.69) is 0 Å². The fourth-order valence-corrected chi connectivity index (χ4v) is 3.52. The van der Waals surface area contributed by atoms with Gasteiger partial charge in [0.15, 0.2) is 12.2 Å². The maximum Gasteiger partial charge on any atom is 0.263 e. The molecular formula is C24H30N2O4. The molecule has 1 aliphatic heterocycles. The Hall–Kier alpha value is -3.02. The minimum absolute atomic E-state index is 0.0606. The van der Waals surface area contributed by atoms with Crippen LogP contribution in [0, 0.1) is 13.8 Å². The molecule has 6 nitrogen and oxygen atoms in total. The number of nitrogens with zero attached hydrogens (tertiary/aromatic N) is 2. The molecule has 0 aliphatic carbocycles. The summed E-state index contributed by atoms with van der Waals surface area (Å²) in [6.07, 6.45) is -1.15. The van der Waals surface area contributed by atoms with E-state index in [1.807, 2.05) is 62.4 Å². The number of ether oxygens (including phenoxy) is 2. The standard InChI is InChI=1S/C24H30N2O4/c1-17-9-5-7-11-21(17)29-19(3)23(27)25-13-15-26(16-14-25)24(28)20(4)30-22-12-8-6-10-18(22)2/h5-12,19-20H,13-16H2,1-4H3. The third-order valence-electron chi connectivity index (χ3n) is 5.39. The fraction of sp³-hybridized carbons (Fsp3) is 0.417. The zero-order chi connectivity index (χ0) is 21.7. The van der Waals surface area contributed by atoms with Crippen molar-refractivity contribution in [3.05, 3.63) is 59.7 Å². The average Bonchev–Trinajstić information content (AvgIpc) is 2.76. The molecule has 2 unspecified atom stereocenters. The van der Waals surface area contributed by atoms with Gasteiger partial charge >= 0.3 is 0 Å². The number of benzene rings is 2. The quantitative estimate of drug-likeness (QED) is 0.734. The smallest absolute Gasteiger partial charge is 0.263 e. The van der Waals surface area contributed by atoms with E-state index >= 15 is 0 Å². The summed E-state index contributed by atoms with van der Waals surface area (Å²) in [5, 5.41) is 0. The van der Waals surface area contributed by atoms with Crippen molar-refractivity contribution in [3.63, 3.8) is 0 Å². The molecule has 160 valence electrons. The Kier molecular flexibility index (Phi) is 6.98. The van der Waals surface area contributed by atoms with Crippen molar-refractivity contribution < 1.29 is 19.1 Å². The van der Waals surface area contributed by atoms with Gasteiger partial charge in [-0.15, -0.1) is 0 Å². The first-order valence-corrected chi connectivity index (χ1v) is 10.4. The number of carbonyl (C=O) groups excluding carboxylic acids is 2. The lowest BCUT2D eigenvalue weighted by Gasteiger charge is -2.37. The van der Waals surface area contributed by atoms with Gasteiger partial charge in [-0.1, -0.05) is 36.4 Å². The van der Waals surface area contributed by atoms with Crippen molar-refractivity contribution in [3.8, 4) is 11.5 Å². The lowest BCUT2D eigenvalue weighted by molar-refractivity contribution is -0.146. The van der Waals surface area contributed by atoms with Gasteiger partial charge in [-0.05, 0) is 51.0 Å². The predicted molar refractivity (Wildman–Crippen MR) is 116 cm³/mol. The number of para-hydroxylation sites is 2. The Labute approximate surface area is 178 Å². The zero-order valence-electron chi connectivity index (χ0n) is 18.1. The summed E-state index contributed by atoms with van der Waals surface area (Å²) in [6.45, 7) is 9.40. The van der Waals surface area contributed by atoms with Crippen molar-refractivity contribution in [1.82, 2.24) is 9.80 Å². The first-order valence-electron chi connectivity index (χ1n) is 10.4. The predicted octanol–water partition coefficient (Wildman–Crippen LogP) is 3.21. The molecule has 0 aromatic heterocycles. The second-order valence-electron chi connectivity index (χ2n) is 7.70. The van der Waals surface area contributed by atoms with Crippen LogP contribution in [-0.4, -0.2) is 60.0 Å². The van der Waals surface area contributed by atoms with Gasteiger partial charge in [0.05, 0.1) is 0 Å². The SMILES string of the molecule is Cc1ccccc1OC(C)C(=O)N1CCN(C(=O)C(C)Oc2ccccc2C)CC1. The fourth-order valence-electron chi connectivity index (χ4n) is 3.52. The van der Waals surface area contributed by atoms with Crippen LogP contribution in [0.15, 0.2) is 48.5 Å². The number of hydrogen-bond acceptors (Lipinski definition) is 4. The topological polar surface area (TPSA) is 59.1 Å². The second-order valence-corrected chi connectivity index (χ2v) is 7.70. The maximum atomic E-state index is 12.8. The highest BCUT2D eigenvalue weighted by atomic mass is 16.5. The monoisotopic (exact) mass is 410 g/mol. The average molecular weight is 411 g/mol. The van der Waals surface area contributed by atoms with Gasteiger partial charge in [0.25, 0.3) is 11.8 Å². The van der Waals surface area contributed by atoms with Gasteiger partial charge in [0.1, 0.15) is 11.5 Å². The molecular weight excluding hydrogens is 380 g/mol. The van der Waals surface area contributed by atoms with Gasteiger partial charge in [-0.2, -0.15) is 0 Å².